The average Bonchev–Trinajstić information content (AvgIpc) is 3.12. The van der Waals surface area contributed by atoms with Crippen LogP contribution in [0.3, 0.4) is 0 Å². The van der Waals surface area contributed by atoms with Crippen molar-refractivity contribution in [3.05, 3.63) is 35.4 Å². The smallest absolute Gasteiger partial charge is 0.416 e. The molecule has 1 aromatic carbocycles. The van der Waals surface area contributed by atoms with E-state index in [0.29, 0.717) is 6.42 Å². The van der Waals surface area contributed by atoms with Crippen molar-refractivity contribution in [1.82, 2.24) is 9.96 Å². The number of esters is 1. The predicted molar refractivity (Wildman–Crippen MR) is 103 cm³/mol. The lowest BCUT2D eigenvalue weighted by Crippen LogP contribution is -2.72. The fourth-order valence-electron chi connectivity index (χ4n) is 5.59. The summed E-state index contributed by atoms with van der Waals surface area (Å²) >= 11 is 0. The van der Waals surface area contributed by atoms with Gasteiger partial charge in [0.05, 0.1) is 29.7 Å². The molecule has 0 amide bonds. The number of fused-ring (bicyclic) bond motifs is 1. The zero-order valence-corrected chi connectivity index (χ0v) is 16.9. The van der Waals surface area contributed by atoms with Crippen molar-refractivity contribution >= 4 is 17.9 Å². The highest BCUT2D eigenvalue weighted by molar-refractivity contribution is 5.91. The molecule has 1 saturated carbocycles. The summed E-state index contributed by atoms with van der Waals surface area (Å²) in [5.41, 5.74) is 7.77. The Morgan fingerprint density at radius 1 is 1.25 bits per heavy atom. The Morgan fingerprint density at radius 3 is 2.50 bits per heavy atom. The van der Waals surface area contributed by atoms with Crippen LogP contribution in [-0.4, -0.2) is 74.7 Å². The molecule has 1 spiro atoms. The third-order valence-electron chi connectivity index (χ3n) is 7.24. The van der Waals surface area contributed by atoms with Gasteiger partial charge in [-0.25, -0.2) is 14.8 Å². The minimum absolute atomic E-state index is 0.0302. The lowest BCUT2D eigenvalue weighted by Gasteiger charge is -2.50. The van der Waals surface area contributed by atoms with Crippen LogP contribution in [0.4, 0.5) is 13.2 Å². The van der Waals surface area contributed by atoms with E-state index in [1.807, 2.05) is 0 Å². The summed E-state index contributed by atoms with van der Waals surface area (Å²) < 4.78 is 44.3. The van der Waals surface area contributed by atoms with Crippen molar-refractivity contribution in [2.24, 2.45) is 26.9 Å². The molecule has 1 aliphatic carbocycles. The molecule has 5 atom stereocenters. The number of aliphatic hydroxyl groups is 1. The van der Waals surface area contributed by atoms with Crippen LogP contribution >= 0.6 is 0 Å². The van der Waals surface area contributed by atoms with Crippen molar-refractivity contribution in [2.75, 3.05) is 13.2 Å². The molecular formula is C19H21F3N6O4. The molecule has 1 aromatic rings. The maximum atomic E-state index is 12.8. The molecule has 13 heteroatoms. The first-order chi connectivity index (χ1) is 14.9. The number of halogens is 3. The summed E-state index contributed by atoms with van der Waals surface area (Å²) in [5.74, 6) is -0.954. The number of nitrogens with two attached hydrogens (primary N) is 2. The van der Waals surface area contributed by atoms with Gasteiger partial charge in [0.15, 0.2) is 11.6 Å². The Labute approximate surface area is 179 Å². The summed E-state index contributed by atoms with van der Waals surface area (Å²) in [4.78, 5) is 22.9. The zero-order valence-electron chi connectivity index (χ0n) is 16.9. The minimum atomic E-state index is -4.52. The Balaban J connectivity index is 1.48. The number of ether oxygens (including phenoxy) is 1. The van der Waals surface area contributed by atoms with E-state index in [9.17, 15) is 28.3 Å². The fourth-order valence-corrected chi connectivity index (χ4v) is 5.59. The fraction of sp³-hybridized carbons (Fsp3) is 0.526. The largest absolute Gasteiger partial charge is 0.453 e. The van der Waals surface area contributed by atoms with E-state index in [2.05, 4.69) is 9.98 Å². The first-order valence-corrected chi connectivity index (χ1v) is 9.86. The van der Waals surface area contributed by atoms with E-state index in [4.69, 9.17) is 16.2 Å². The lowest BCUT2D eigenvalue weighted by molar-refractivity contribution is -0.181. The Morgan fingerprint density at radius 2 is 1.91 bits per heavy atom. The van der Waals surface area contributed by atoms with Gasteiger partial charge in [-0.2, -0.15) is 18.2 Å². The van der Waals surface area contributed by atoms with Gasteiger partial charge in [-0.1, -0.05) is 6.92 Å². The van der Waals surface area contributed by atoms with Gasteiger partial charge in [0.2, 0.25) is 5.96 Å². The quantitative estimate of drug-likeness (QED) is 0.470. The standard InChI is InChI=1S/C19H21F3N6O4/c1-16-7-17(16,32-13(30)9-2-4-10(5-3-9)19(20,21)22)8-27-14(23)25-11(6-29)12-18(16,27)28(31)15(24)26-12/h2-5,11-12,29,31H,6-8H2,1H3,(H2,23,25)(H2,24,26). The van der Waals surface area contributed by atoms with Crippen molar-refractivity contribution in [3.8, 4) is 0 Å². The molecule has 1 saturated heterocycles. The summed E-state index contributed by atoms with van der Waals surface area (Å²) in [6.07, 6.45) is -4.20. The van der Waals surface area contributed by atoms with Crippen LogP contribution < -0.4 is 11.5 Å². The maximum Gasteiger partial charge on any atom is 0.416 e. The van der Waals surface area contributed by atoms with Crippen LogP contribution in [0.15, 0.2) is 34.3 Å². The molecule has 6 N–H and O–H groups in total. The highest BCUT2D eigenvalue weighted by atomic mass is 19.4. The topological polar surface area (TPSA) is 150 Å². The summed E-state index contributed by atoms with van der Waals surface area (Å²) in [6, 6.07) is 2.19. The van der Waals surface area contributed by atoms with E-state index >= 15 is 0 Å². The monoisotopic (exact) mass is 454 g/mol. The van der Waals surface area contributed by atoms with Crippen LogP contribution in [0.5, 0.6) is 0 Å². The number of aliphatic imine (C=N–C) groups is 2. The van der Waals surface area contributed by atoms with Gasteiger partial charge in [-0.05, 0) is 24.3 Å². The Kier molecular flexibility index (Phi) is 3.93. The average molecular weight is 454 g/mol. The minimum Gasteiger partial charge on any atom is -0.453 e. The van der Waals surface area contributed by atoms with Gasteiger partial charge < -0.3 is 26.2 Å². The van der Waals surface area contributed by atoms with E-state index in [0.717, 1.165) is 29.3 Å². The normalized spacial score (nSPS) is 37.3. The molecule has 32 heavy (non-hydrogen) atoms. The number of rotatable bonds is 3. The molecule has 0 radical (unpaired) electrons. The summed E-state index contributed by atoms with van der Waals surface area (Å²) in [5, 5.41) is 21.5. The highest BCUT2D eigenvalue weighted by Gasteiger charge is 2.89. The molecule has 4 aliphatic rings. The SMILES string of the molecule is CC12CC1(OC(=O)c1ccc(C(F)(F)F)cc1)CN1C(N)=NC(CO)C3N=C(N)N(O)C312. The number of alkyl halides is 3. The molecule has 5 rings (SSSR count). The second-order valence-corrected chi connectivity index (χ2v) is 8.76. The number of nitrogens with zero attached hydrogens (tertiary/aromatic N) is 4. The van der Waals surface area contributed by atoms with E-state index in [1.54, 1.807) is 11.8 Å². The second-order valence-electron chi connectivity index (χ2n) is 8.76. The van der Waals surface area contributed by atoms with Gasteiger partial charge in [0.25, 0.3) is 0 Å². The third-order valence-corrected chi connectivity index (χ3v) is 7.24. The lowest BCUT2D eigenvalue weighted by atomic mass is 9.80. The number of carbonyl (C=O) groups is 1. The van der Waals surface area contributed by atoms with Crippen LogP contribution in [0.25, 0.3) is 0 Å². The highest BCUT2D eigenvalue weighted by Crippen LogP contribution is 2.74. The molecule has 0 bridgehead atoms. The van der Waals surface area contributed by atoms with Crippen LogP contribution in [0.1, 0.15) is 29.3 Å². The zero-order chi connectivity index (χ0) is 23.3. The van der Waals surface area contributed by atoms with Crippen molar-refractivity contribution in [1.29, 1.82) is 0 Å². The maximum absolute atomic E-state index is 12.8. The first-order valence-electron chi connectivity index (χ1n) is 9.86. The van der Waals surface area contributed by atoms with Gasteiger partial charge in [-0.15, -0.1) is 0 Å². The van der Waals surface area contributed by atoms with Crippen LogP contribution in [0.2, 0.25) is 0 Å². The summed E-state index contributed by atoms with van der Waals surface area (Å²) in [7, 11) is 0. The molecule has 172 valence electrons. The van der Waals surface area contributed by atoms with E-state index in [1.165, 1.54) is 0 Å². The number of guanidine groups is 2. The Hall–Kier alpha value is -3.06. The summed E-state index contributed by atoms with van der Waals surface area (Å²) in [6.45, 7) is 1.46. The molecule has 0 aromatic heterocycles. The predicted octanol–water partition coefficient (Wildman–Crippen LogP) is 0.100. The van der Waals surface area contributed by atoms with Gasteiger partial charge >= 0.3 is 12.1 Å². The molecule has 10 nitrogen and oxygen atoms in total. The number of hydrogen-bond acceptors (Lipinski definition) is 10. The molecular weight excluding hydrogens is 433 g/mol. The van der Waals surface area contributed by atoms with E-state index < -0.39 is 46.5 Å². The first kappa shape index (κ1) is 20.8. The molecule has 3 aliphatic heterocycles. The van der Waals surface area contributed by atoms with Gasteiger partial charge in [0.1, 0.15) is 17.7 Å². The second kappa shape index (κ2) is 6.04. The number of carbonyl (C=O) groups excluding carboxylic acids is 1. The molecule has 3 heterocycles. The molecule has 2 fully saturated rings. The third kappa shape index (κ3) is 2.29. The number of benzene rings is 1. The van der Waals surface area contributed by atoms with Gasteiger partial charge in [0, 0.05) is 6.42 Å². The number of piperidine rings is 1. The van der Waals surface area contributed by atoms with Crippen molar-refractivity contribution in [2.45, 2.75) is 42.9 Å². The number of hydrogen-bond donors (Lipinski definition) is 4. The van der Waals surface area contributed by atoms with Crippen molar-refractivity contribution < 1.29 is 33.0 Å². The van der Waals surface area contributed by atoms with Crippen molar-refractivity contribution in [3.63, 3.8) is 0 Å². The number of aliphatic hydroxyl groups excluding tert-OH is 1. The molecule has 5 unspecified atom stereocenters. The van der Waals surface area contributed by atoms with E-state index in [-0.39, 0.29) is 30.6 Å². The van der Waals surface area contributed by atoms with Gasteiger partial charge in [-0.3, -0.25) is 5.21 Å². The Bertz CT molecular complexity index is 1060. The van der Waals surface area contributed by atoms with Crippen LogP contribution in [0, 0.1) is 5.41 Å². The number of hydroxylamine groups is 2. The van der Waals surface area contributed by atoms with Crippen LogP contribution in [-0.2, 0) is 10.9 Å².